The van der Waals surface area contributed by atoms with Gasteiger partial charge in [0.25, 0.3) is 0 Å². The lowest BCUT2D eigenvalue weighted by molar-refractivity contribution is -0.906. The van der Waals surface area contributed by atoms with Gasteiger partial charge in [-0.25, -0.2) is 0 Å². The van der Waals surface area contributed by atoms with E-state index in [2.05, 4.69) is 19.9 Å². The number of amides is 1. The van der Waals surface area contributed by atoms with Gasteiger partial charge < -0.3 is 19.6 Å². The van der Waals surface area contributed by atoms with Crippen molar-refractivity contribution in [3.8, 4) is 0 Å². The quantitative estimate of drug-likeness (QED) is 0.526. The molecule has 6 atom stereocenters. The predicted octanol–water partition coefficient (Wildman–Crippen LogP) is 0.0184. The Kier molecular flexibility index (Phi) is 4.83. The molecule has 2 heterocycles. The summed E-state index contributed by atoms with van der Waals surface area (Å²) in [6.45, 7) is 9.92. The van der Waals surface area contributed by atoms with Crippen LogP contribution in [0.15, 0.2) is 11.6 Å². The van der Waals surface area contributed by atoms with E-state index >= 15 is 0 Å². The van der Waals surface area contributed by atoms with Gasteiger partial charge in [0.2, 0.25) is 5.91 Å². The molecule has 3 fully saturated rings. The van der Waals surface area contributed by atoms with Crippen LogP contribution in [-0.4, -0.2) is 66.8 Å². The summed E-state index contributed by atoms with van der Waals surface area (Å²) in [5.74, 6) is 0.0443. The molecule has 0 bridgehead atoms. The van der Waals surface area contributed by atoms with E-state index in [9.17, 15) is 14.7 Å². The summed E-state index contributed by atoms with van der Waals surface area (Å²) >= 11 is 0. The van der Waals surface area contributed by atoms with Gasteiger partial charge in [-0.2, -0.15) is 0 Å². The van der Waals surface area contributed by atoms with Crippen molar-refractivity contribution in [1.82, 2.24) is 4.90 Å². The molecule has 6 heteroatoms. The fraction of sp³-hybridized carbons (Fsp3) is 0.810. The van der Waals surface area contributed by atoms with E-state index in [0.29, 0.717) is 12.5 Å². The van der Waals surface area contributed by atoms with Crippen LogP contribution in [0.5, 0.6) is 0 Å². The van der Waals surface area contributed by atoms with Gasteiger partial charge >= 0.3 is 5.97 Å². The van der Waals surface area contributed by atoms with Crippen LogP contribution in [0.3, 0.4) is 0 Å². The number of ether oxygens (including phenoxy) is 1. The molecule has 2 saturated heterocycles. The first kappa shape index (κ1) is 18.9. The van der Waals surface area contributed by atoms with Crippen molar-refractivity contribution in [1.29, 1.82) is 0 Å². The van der Waals surface area contributed by atoms with Crippen molar-refractivity contribution in [3.05, 3.63) is 11.6 Å². The molecule has 2 N–H and O–H groups in total. The fourth-order valence-corrected chi connectivity index (χ4v) is 5.95. The Labute approximate surface area is 161 Å². The highest BCUT2D eigenvalue weighted by atomic mass is 16.6. The zero-order chi connectivity index (χ0) is 19.3. The SMILES string of the molecule is CC(=O)N1CC[NH+](C[C@H]2C(=O)O[C@@H]3CC4=CCC[C@H](C)[C@@]4(C)[C@@H](O)[C@@H]32)CC1. The average molecular weight is 378 g/mol. The largest absolute Gasteiger partial charge is 0.461 e. The van der Waals surface area contributed by atoms with E-state index in [1.165, 1.54) is 10.5 Å². The molecule has 0 aromatic heterocycles. The molecule has 0 aromatic carbocycles. The molecule has 4 aliphatic rings. The number of allylic oxidation sites excluding steroid dienone is 1. The maximum Gasteiger partial charge on any atom is 0.315 e. The number of nitrogens with zero attached hydrogens (tertiary/aromatic N) is 1. The smallest absolute Gasteiger partial charge is 0.315 e. The second-order valence-electron chi connectivity index (χ2n) is 9.26. The van der Waals surface area contributed by atoms with Gasteiger partial charge in [0, 0.05) is 24.7 Å². The number of quaternary nitrogens is 1. The first-order valence-corrected chi connectivity index (χ1v) is 10.5. The van der Waals surface area contributed by atoms with Crippen LogP contribution >= 0.6 is 0 Å². The van der Waals surface area contributed by atoms with Gasteiger partial charge in [0.05, 0.1) is 38.8 Å². The minimum atomic E-state index is -0.535. The molecule has 27 heavy (non-hydrogen) atoms. The number of carbonyl (C=O) groups is 2. The molecule has 0 unspecified atom stereocenters. The number of aliphatic hydroxyl groups excluding tert-OH is 1. The van der Waals surface area contributed by atoms with Crippen molar-refractivity contribution in [3.63, 3.8) is 0 Å². The van der Waals surface area contributed by atoms with E-state index < -0.39 is 6.10 Å². The first-order chi connectivity index (χ1) is 12.8. The number of hydrogen-bond donors (Lipinski definition) is 2. The van der Waals surface area contributed by atoms with Crippen molar-refractivity contribution < 1.29 is 24.3 Å². The van der Waals surface area contributed by atoms with Crippen LogP contribution < -0.4 is 4.90 Å². The molecule has 4 rings (SSSR count). The molecule has 1 saturated carbocycles. The Morgan fingerprint density at radius 1 is 1.41 bits per heavy atom. The molecule has 150 valence electrons. The van der Waals surface area contributed by atoms with Crippen LogP contribution in [0.4, 0.5) is 0 Å². The van der Waals surface area contributed by atoms with Gasteiger partial charge in [0.15, 0.2) is 0 Å². The second kappa shape index (κ2) is 6.89. The summed E-state index contributed by atoms with van der Waals surface area (Å²) in [4.78, 5) is 27.4. The number of esters is 1. The Bertz CT molecular complexity index is 655. The maximum atomic E-state index is 12.7. The van der Waals surface area contributed by atoms with E-state index in [1.807, 2.05) is 4.90 Å². The van der Waals surface area contributed by atoms with Crippen LogP contribution in [0.25, 0.3) is 0 Å². The summed E-state index contributed by atoms with van der Waals surface area (Å²) in [6, 6.07) is 0. The highest BCUT2D eigenvalue weighted by Crippen LogP contribution is 2.55. The standard InChI is InChI=1S/C21H32N2O4/c1-13-5-4-6-15-11-17-18(19(25)21(13,15)3)16(20(26)27-17)12-22-7-9-23(10-8-22)14(2)24/h6,13,16-19,25H,4-5,7-12H2,1-3H3/p+1/t13-,16+,17+,18+,19-,21+/m0/s1. The zero-order valence-corrected chi connectivity index (χ0v) is 16.7. The number of carbonyl (C=O) groups excluding carboxylic acids is 2. The predicted molar refractivity (Wildman–Crippen MR) is 99.9 cm³/mol. The third-order valence-corrected chi connectivity index (χ3v) is 7.99. The Morgan fingerprint density at radius 3 is 2.78 bits per heavy atom. The van der Waals surface area contributed by atoms with Gasteiger partial charge in [-0.15, -0.1) is 0 Å². The highest BCUT2D eigenvalue weighted by Gasteiger charge is 2.60. The fourth-order valence-electron chi connectivity index (χ4n) is 5.95. The molecule has 6 nitrogen and oxygen atoms in total. The van der Waals surface area contributed by atoms with Crippen molar-refractivity contribution >= 4 is 11.9 Å². The number of nitrogens with one attached hydrogen (secondary N) is 1. The lowest BCUT2D eigenvalue weighted by atomic mass is 9.55. The molecule has 1 amide bonds. The molecule has 0 aromatic rings. The number of piperazine rings is 1. The maximum absolute atomic E-state index is 12.7. The highest BCUT2D eigenvalue weighted by molar-refractivity contribution is 5.76. The molecule has 0 radical (unpaired) electrons. The van der Waals surface area contributed by atoms with E-state index in [-0.39, 0.29) is 35.2 Å². The van der Waals surface area contributed by atoms with Crippen molar-refractivity contribution in [2.45, 2.75) is 52.2 Å². The number of aliphatic hydroxyl groups is 1. The third-order valence-electron chi connectivity index (χ3n) is 7.99. The van der Waals surface area contributed by atoms with Crippen LogP contribution in [-0.2, 0) is 14.3 Å². The Balaban J connectivity index is 1.50. The summed E-state index contributed by atoms with van der Waals surface area (Å²) in [7, 11) is 0. The normalized spacial score (nSPS) is 42.2. The van der Waals surface area contributed by atoms with Gasteiger partial charge in [0.1, 0.15) is 12.0 Å². The monoisotopic (exact) mass is 377 g/mol. The number of rotatable bonds is 2. The average Bonchev–Trinajstić information content (AvgIpc) is 2.94. The number of fused-ring (bicyclic) bond motifs is 2. The first-order valence-electron chi connectivity index (χ1n) is 10.5. The zero-order valence-electron chi connectivity index (χ0n) is 16.7. The summed E-state index contributed by atoms with van der Waals surface area (Å²) in [5.41, 5.74) is 1.04. The van der Waals surface area contributed by atoms with Crippen LogP contribution in [0.1, 0.15) is 40.0 Å². The van der Waals surface area contributed by atoms with Gasteiger partial charge in [-0.05, 0) is 18.8 Å². The minimum absolute atomic E-state index is 0.112. The molecule has 2 aliphatic carbocycles. The minimum Gasteiger partial charge on any atom is -0.461 e. The van der Waals surface area contributed by atoms with Crippen molar-refractivity contribution in [2.24, 2.45) is 23.2 Å². The number of hydrogen-bond acceptors (Lipinski definition) is 4. The second-order valence-corrected chi connectivity index (χ2v) is 9.26. The Hall–Kier alpha value is -1.40. The topological polar surface area (TPSA) is 71.3 Å². The van der Waals surface area contributed by atoms with E-state index in [1.54, 1.807) is 6.92 Å². The van der Waals surface area contributed by atoms with E-state index in [0.717, 1.165) is 45.4 Å². The lowest BCUT2D eigenvalue weighted by Gasteiger charge is -2.51. The summed E-state index contributed by atoms with van der Waals surface area (Å²) in [6.07, 6.45) is 4.47. The molecule has 2 aliphatic heterocycles. The lowest BCUT2D eigenvalue weighted by Crippen LogP contribution is -3.15. The summed E-state index contributed by atoms with van der Waals surface area (Å²) in [5, 5.41) is 11.4. The Morgan fingerprint density at radius 2 is 2.11 bits per heavy atom. The molecule has 0 spiro atoms. The van der Waals surface area contributed by atoms with Crippen LogP contribution in [0, 0.1) is 23.2 Å². The van der Waals surface area contributed by atoms with Gasteiger partial charge in [-0.3, -0.25) is 9.59 Å². The third kappa shape index (κ3) is 3.01. The molecular weight excluding hydrogens is 344 g/mol. The van der Waals surface area contributed by atoms with E-state index in [4.69, 9.17) is 4.74 Å². The van der Waals surface area contributed by atoms with Crippen molar-refractivity contribution in [2.75, 3.05) is 32.7 Å². The van der Waals surface area contributed by atoms with Gasteiger partial charge in [-0.1, -0.05) is 25.5 Å². The molecular formula is C21H33N2O4+. The van der Waals surface area contributed by atoms with Crippen LogP contribution in [0.2, 0.25) is 0 Å². The summed E-state index contributed by atoms with van der Waals surface area (Å²) < 4.78 is 5.76.